The Hall–Kier alpha value is -3.91. The fourth-order valence-corrected chi connectivity index (χ4v) is 5.17. The zero-order chi connectivity index (χ0) is 27.9. The first-order valence-electron chi connectivity index (χ1n) is 13.6. The lowest BCUT2D eigenvalue weighted by atomic mass is 9.93. The number of aryl methyl sites for hydroxylation is 2. The average molecular weight is 531 g/mol. The van der Waals surface area contributed by atoms with E-state index in [0.717, 1.165) is 29.7 Å². The van der Waals surface area contributed by atoms with Crippen molar-refractivity contribution in [1.29, 1.82) is 0 Å². The smallest absolute Gasteiger partial charge is 0.338 e. The van der Waals surface area contributed by atoms with Gasteiger partial charge in [-0.15, -0.1) is 6.58 Å². The molecule has 2 aromatic carbocycles. The Labute approximate surface area is 230 Å². The van der Waals surface area contributed by atoms with Gasteiger partial charge in [-0.25, -0.2) is 9.59 Å². The van der Waals surface area contributed by atoms with Gasteiger partial charge in [-0.05, 0) is 44.9 Å². The molecular weight excluding hydrogens is 492 g/mol. The van der Waals surface area contributed by atoms with Gasteiger partial charge >= 0.3 is 12.0 Å². The highest BCUT2D eigenvalue weighted by atomic mass is 16.5. The molecule has 2 aliphatic heterocycles. The molecule has 3 amide bonds. The third-order valence-electron chi connectivity index (χ3n) is 7.17. The molecule has 1 atom stereocenters. The van der Waals surface area contributed by atoms with E-state index in [-0.39, 0.29) is 25.1 Å². The van der Waals surface area contributed by atoms with Crippen LogP contribution >= 0.6 is 0 Å². The van der Waals surface area contributed by atoms with Crippen LogP contribution in [0.1, 0.15) is 46.4 Å². The van der Waals surface area contributed by atoms with E-state index in [1.54, 1.807) is 17.9 Å². The van der Waals surface area contributed by atoms with Gasteiger partial charge in [0, 0.05) is 50.5 Å². The Morgan fingerprint density at radius 3 is 2.51 bits per heavy atom. The van der Waals surface area contributed by atoms with Gasteiger partial charge in [0.1, 0.15) is 0 Å². The van der Waals surface area contributed by atoms with E-state index in [0.29, 0.717) is 43.0 Å². The molecule has 1 saturated heterocycles. The van der Waals surface area contributed by atoms with Crippen molar-refractivity contribution in [3.8, 4) is 0 Å². The van der Waals surface area contributed by atoms with Crippen LogP contribution in [0.4, 0.5) is 4.79 Å². The first-order chi connectivity index (χ1) is 18.8. The van der Waals surface area contributed by atoms with Crippen molar-refractivity contribution in [1.82, 2.24) is 20.0 Å². The maximum absolute atomic E-state index is 13.4. The van der Waals surface area contributed by atoms with Crippen molar-refractivity contribution in [2.45, 2.75) is 33.2 Å². The monoisotopic (exact) mass is 530 g/mol. The number of hydrogen-bond donors (Lipinski definition) is 1. The van der Waals surface area contributed by atoms with Crippen LogP contribution in [0, 0.1) is 13.8 Å². The quantitative estimate of drug-likeness (QED) is 0.408. The number of rotatable bonds is 8. The molecule has 1 fully saturated rings. The van der Waals surface area contributed by atoms with E-state index in [2.05, 4.69) is 16.8 Å². The van der Waals surface area contributed by atoms with Crippen LogP contribution in [-0.4, -0.2) is 78.5 Å². The molecule has 0 aliphatic carbocycles. The van der Waals surface area contributed by atoms with Crippen LogP contribution in [0.15, 0.2) is 72.5 Å². The van der Waals surface area contributed by atoms with Crippen LogP contribution in [0.3, 0.4) is 0 Å². The molecule has 2 heterocycles. The van der Waals surface area contributed by atoms with Gasteiger partial charge < -0.3 is 15.0 Å². The second-order valence-electron chi connectivity index (χ2n) is 10.1. The standard InChI is InChI=1S/C31H38N4O4/c1-5-15-35-26(21-33-16-8-17-34(19-18-33)29(36)24-13-11-22(3)12-14-24)27(30(37)39-6-2)28(32-31(35)38)25-10-7-9-23(4)20-25/h5,7,9-14,20,28H,1,6,8,15-19,21H2,2-4H3,(H,32,38). The molecular formula is C31H38N4O4. The number of nitrogens with zero attached hydrogens (tertiary/aromatic N) is 3. The molecule has 206 valence electrons. The molecule has 2 aromatic rings. The Morgan fingerprint density at radius 1 is 1.05 bits per heavy atom. The highest BCUT2D eigenvalue weighted by Gasteiger charge is 2.38. The van der Waals surface area contributed by atoms with Gasteiger partial charge in [0.15, 0.2) is 0 Å². The van der Waals surface area contributed by atoms with Gasteiger partial charge in [-0.1, -0.05) is 53.6 Å². The summed E-state index contributed by atoms with van der Waals surface area (Å²) in [5.74, 6) is -0.424. The summed E-state index contributed by atoms with van der Waals surface area (Å²) in [7, 11) is 0. The lowest BCUT2D eigenvalue weighted by Gasteiger charge is -2.38. The topological polar surface area (TPSA) is 82.2 Å². The zero-order valence-electron chi connectivity index (χ0n) is 23.1. The molecule has 8 nitrogen and oxygen atoms in total. The summed E-state index contributed by atoms with van der Waals surface area (Å²) in [6, 6.07) is 14.5. The number of carbonyl (C=O) groups excluding carboxylic acids is 3. The van der Waals surface area contributed by atoms with Crippen LogP contribution in [0.25, 0.3) is 0 Å². The summed E-state index contributed by atoms with van der Waals surface area (Å²) in [5.41, 5.74) is 4.70. The van der Waals surface area contributed by atoms with Crippen molar-refractivity contribution in [3.05, 3.63) is 94.7 Å². The Morgan fingerprint density at radius 2 is 1.82 bits per heavy atom. The van der Waals surface area contributed by atoms with Gasteiger partial charge in [0.05, 0.1) is 18.2 Å². The normalized spacial score (nSPS) is 18.4. The number of esters is 1. The molecule has 0 radical (unpaired) electrons. The summed E-state index contributed by atoms with van der Waals surface area (Å²) in [6.07, 6.45) is 2.44. The summed E-state index contributed by atoms with van der Waals surface area (Å²) in [4.78, 5) is 45.6. The van der Waals surface area contributed by atoms with Crippen molar-refractivity contribution < 1.29 is 19.1 Å². The van der Waals surface area contributed by atoms with Crippen molar-refractivity contribution in [2.24, 2.45) is 0 Å². The summed E-state index contributed by atoms with van der Waals surface area (Å²) in [5, 5.41) is 3.02. The summed E-state index contributed by atoms with van der Waals surface area (Å²) >= 11 is 0. The molecule has 0 saturated carbocycles. The number of amides is 3. The molecule has 4 rings (SSSR count). The molecule has 1 N–H and O–H groups in total. The van der Waals surface area contributed by atoms with Gasteiger partial charge in [0.25, 0.3) is 5.91 Å². The maximum Gasteiger partial charge on any atom is 0.338 e. The number of benzene rings is 2. The first kappa shape index (κ1) is 28.1. The predicted octanol–water partition coefficient (Wildman–Crippen LogP) is 4.22. The second kappa shape index (κ2) is 12.8. The number of nitrogens with one attached hydrogen (secondary N) is 1. The SMILES string of the molecule is C=CCN1C(=O)NC(c2cccc(C)c2)C(C(=O)OCC)=C1CN1CCCN(C(=O)c2ccc(C)cc2)CC1. The fraction of sp³-hybridized carbons (Fsp3) is 0.387. The van der Waals surface area contributed by atoms with Crippen LogP contribution in [0.5, 0.6) is 0 Å². The molecule has 2 aliphatic rings. The van der Waals surface area contributed by atoms with E-state index in [1.165, 1.54) is 0 Å². The summed E-state index contributed by atoms with van der Waals surface area (Å²) in [6.45, 7) is 13.0. The van der Waals surface area contributed by atoms with Crippen LogP contribution in [-0.2, 0) is 9.53 Å². The van der Waals surface area contributed by atoms with Crippen molar-refractivity contribution in [2.75, 3.05) is 45.9 Å². The van der Waals surface area contributed by atoms with Crippen molar-refractivity contribution in [3.63, 3.8) is 0 Å². The van der Waals surface area contributed by atoms with Gasteiger partial charge in [-0.2, -0.15) is 0 Å². The third kappa shape index (κ3) is 6.57. The minimum absolute atomic E-state index is 0.0214. The average Bonchev–Trinajstić information content (AvgIpc) is 3.16. The van der Waals surface area contributed by atoms with Gasteiger partial charge in [0.2, 0.25) is 0 Å². The highest BCUT2D eigenvalue weighted by Crippen LogP contribution is 2.32. The summed E-state index contributed by atoms with van der Waals surface area (Å²) < 4.78 is 5.50. The highest BCUT2D eigenvalue weighted by molar-refractivity contribution is 5.95. The Kier molecular flexibility index (Phi) is 9.19. The first-order valence-corrected chi connectivity index (χ1v) is 13.6. The fourth-order valence-electron chi connectivity index (χ4n) is 5.17. The van der Waals surface area contributed by atoms with E-state index in [9.17, 15) is 14.4 Å². The molecule has 8 heteroatoms. The number of urea groups is 1. The molecule has 39 heavy (non-hydrogen) atoms. The lowest BCUT2D eigenvalue weighted by molar-refractivity contribution is -0.139. The minimum atomic E-state index is -0.626. The molecule has 0 bridgehead atoms. The van der Waals surface area contributed by atoms with Crippen LogP contribution < -0.4 is 5.32 Å². The van der Waals surface area contributed by atoms with E-state index in [4.69, 9.17) is 4.74 Å². The zero-order valence-corrected chi connectivity index (χ0v) is 23.1. The molecule has 0 spiro atoms. The van der Waals surface area contributed by atoms with Crippen molar-refractivity contribution >= 4 is 17.9 Å². The largest absolute Gasteiger partial charge is 0.463 e. The Bertz CT molecular complexity index is 1250. The van der Waals surface area contributed by atoms with E-state index < -0.39 is 12.0 Å². The van der Waals surface area contributed by atoms with E-state index in [1.807, 2.05) is 67.3 Å². The minimum Gasteiger partial charge on any atom is -0.463 e. The third-order valence-corrected chi connectivity index (χ3v) is 7.17. The lowest BCUT2D eigenvalue weighted by Crippen LogP contribution is -2.51. The number of ether oxygens (including phenoxy) is 1. The second-order valence-corrected chi connectivity index (χ2v) is 10.1. The number of carbonyl (C=O) groups is 3. The van der Waals surface area contributed by atoms with E-state index >= 15 is 0 Å². The van der Waals surface area contributed by atoms with Gasteiger partial charge in [-0.3, -0.25) is 14.6 Å². The molecule has 1 unspecified atom stereocenters. The Balaban J connectivity index is 1.64. The maximum atomic E-state index is 13.4. The number of hydrogen-bond acceptors (Lipinski definition) is 5. The molecule has 0 aromatic heterocycles. The predicted molar refractivity (Wildman–Crippen MR) is 151 cm³/mol. The van der Waals surface area contributed by atoms with Crippen LogP contribution in [0.2, 0.25) is 0 Å².